The van der Waals surface area contributed by atoms with Crippen LogP contribution < -0.4 is 14.8 Å². The quantitative estimate of drug-likeness (QED) is 0.816. The van der Waals surface area contributed by atoms with Gasteiger partial charge in [-0.25, -0.2) is 0 Å². The van der Waals surface area contributed by atoms with Crippen molar-refractivity contribution in [2.45, 2.75) is 31.9 Å². The Kier molecular flexibility index (Phi) is 4.27. The maximum absolute atomic E-state index is 11.5. The number of ether oxygens (including phenoxy) is 2. The van der Waals surface area contributed by atoms with Crippen LogP contribution in [0.1, 0.15) is 31.4 Å². The Morgan fingerprint density at radius 3 is 2.79 bits per heavy atom. The molecule has 5 nitrogen and oxygen atoms in total. The summed E-state index contributed by atoms with van der Waals surface area (Å²) in [6.07, 6.45) is 1.54. The van der Waals surface area contributed by atoms with Crippen molar-refractivity contribution in [3.05, 3.63) is 23.8 Å². The van der Waals surface area contributed by atoms with Gasteiger partial charge in [0.05, 0.1) is 13.2 Å². The van der Waals surface area contributed by atoms with Crippen molar-refractivity contribution in [3.63, 3.8) is 0 Å². The van der Waals surface area contributed by atoms with E-state index in [1.54, 1.807) is 25.1 Å². The number of aliphatic hydroxyl groups is 1. The highest BCUT2D eigenvalue weighted by Gasteiger charge is 2.23. The zero-order valence-electron chi connectivity index (χ0n) is 11.2. The monoisotopic (exact) mass is 265 g/mol. The molecule has 104 valence electrons. The summed E-state index contributed by atoms with van der Waals surface area (Å²) in [6.45, 7) is 1.65. The number of benzene rings is 1. The Morgan fingerprint density at radius 2 is 2.21 bits per heavy atom. The molecule has 1 aromatic carbocycles. The van der Waals surface area contributed by atoms with Gasteiger partial charge in [-0.05, 0) is 37.5 Å². The SMILES string of the molecule is COc1cc([C@H](C)O)ccc1OCC(=O)NC1CC1. The normalized spacial score (nSPS) is 15.7. The average Bonchev–Trinajstić information content (AvgIpc) is 3.19. The summed E-state index contributed by atoms with van der Waals surface area (Å²) in [4.78, 5) is 11.5. The van der Waals surface area contributed by atoms with Crippen molar-refractivity contribution in [1.82, 2.24) is 5.32 Å². The maximum Gasteiger partial charge on any atom is 0.258 e. The summed E-state index contributed by atoms with van der Waals surface area (Å²) in [6, 6.07) is 5.49. The molecule has 0 heterocycles. The molecule has 5 heteroatoms. The minimum Gasteiger partial charge on any atom is -0.493 e. The van der Waals surface area contributed by atoms with Gasteiger partial charge in [0.15, 0.2) is 18.1 Å². The van der Waals surface area contributed by atoms with Crippen LogP contribution in [0.3, 0.4) is 0 Å². The zero-order chi connectivity index (χ0) is 13.8. The lowest BCUT2D eigenvalue weighted by Crippen LogP contribution is -2.30. The molecule has 2 N–H and O–H groups in total. The maximum atomic E-state index is 11.5. The molecule has 1 atom stereocenters. The third-order valence-corrected chi connectivity index (χ3v) is 2.97. The largest absolute Gasteiger partial charge is 0.493 e. The molecule has 0 aromatic heterocycles. The van der Waals surface area contributed by atoms with Gasteiger partial charge < -0.3 is 19.9 Å². The highest BCUT2D eigenvalue weighted by Crippen LogP contribution is 2.30. The summed E-state index contributed by atoms with van der Waals surface area (Å²) in [7, 11) is 1.53. The molecule has 2 rings (SSSR count). The van der Waals surface area contributed by atoms with Gasteiger partial charge in [0.1, 0.15) is 0 Å². The number of nitrogens with one attached hydrogen (secondary N) is 1. The van der Waals surface area contributed by atoms with Gasteiger partial charge in [0, 0.05) is 6.04 Å². The van der Waals surface area contributed by atoms with Crippen molar-refractivity contribution in [2.75, 3.05) is 13.7 Å². The number of methoxy groups -OCH3 is 1. The van der Waals surface area contributed by atoms with Crippen LogP contribution in [0.2, 0.25) is 0 Å². The van der Waals surface area contributed by atoms with E-state index in [4.69, 9.17) is 9.47 Å². The number of aliphatic hydroxyl groups excluding tert-OH is 1. The van der Waals surface area contributed by atoms with Crippen molar-refractivity contribution in [3.8, 4) is 11.5 Å². The number of hydrogen-bond acceptors (Lipinski definition) is 4. The van der Waals surface area contributed by atoms with E-state index in [0.29, 0.717) is 17.5 Å². The van der Waals surface area contributed by atoms with Gasteiger partial charge in [0.25, 0.3) is 5.91 Å². The third kappa shape index (κ3) is 3.86. The number of hydrogen-bond donors (Lipinski definition) is 2. The third-order valence-electron chi connectivity index (χ3n) is 2.97. The van der Waals surface area contributed by atoms with Gasteiger partial charge >= 0.3 is 0 Å². The molecule has 19 heavy (non-hydrogen) atoms. The van der Waals surface area contributed by atoms with Gasteiger partial charge in [-0.3, -0.25) is 4.79 Å². The molecule has 0 bridgehead atoms. The first-order valence-corrected chi connectivity index (χ1v) is 6.38. The van der Waals surface area contributed by atoms with Crippen LogP contribution in [0.5, 0.6) is 11.5 Å². The molecule has 0 spiro atoms. The minimum atomic E-state index is -0.568. The summed E-state index contributed by atoms with van der Waals surface area (Å²) < 4.78 is 10.6. The number of rotatable bonds is 6. The second-order valence-corrected chi connectivity index (χ2v) is 4.72. The van der Waals surface area contributed by atoms with Crippen LogP contribution in [-0.2, 0) is 4.79 Å². The zero-order valence-corrected chi connectivity index (χ0v) is 11.2. The average molecular weight is 265 g/mol. The molecule has 1 aliphatic carbocycles. The Hall–Kier alpha value is -1.75. The highest BCUT2D eigenvalue weighted by molar-refractivity contribution is 5.78. The Labute approximate surface area is 112 Å². The van der Waals surface area contributed by atoms with Gasteiger partial charge in [0.2, 0.25) is 0 Å². The molecule has 0 aliphatic heterocycles. The van der Waals surface area contributed by atoms with E-state index in [9.17, 15) is 9.90 Å². The number of amides is 1. The Morgan fingerprint density at radius 1 is 1.47 bits per heavy atom. The van der Waals surface area contributed by atoms with E-state index >= 15 is 0 Å². The summed E-state index contributed by atoms with van der Waals surface area (Å²) in [5.41, 5.74) is 0.742. The van der Waals surface area contributed by atoms with Crippen LogP contribution in [-0.4, -0.2) is 30.8 Å². The smallest absolute Gasteiger partial charge is 0.258 e. The fraction of sp³-hybridized carbons (Fsp3) is 0.500. The topological polar surface area (TPSA) is 67.8 Å². The lowest BCUT2D eigenvalue weighted by molar-refractivity contribution is -0.123. The van der Waals surface area contributed by atoms with Crippen molar-refractivity contribution >= 4 is 5.91 Å². The molecule has 0 saturated heterocycles. The first-order chi connectivity index (χ1) is 9.10. The minimum absolute atomic E-state index is 0.0269. The number of carbonyl (C=O) groups is 1. The van der Waals surface area contributed by atoms with Gasteiger partial charge in [-0.2, -0.15) is 0 Å². The van der Waals surface area contributed by atoms with E-state index in [1.165, 1.54) is 7.11 Å². The van der Waals surface area contributed by atoms with Crippen LogP contribution in [0.15, 0.2) is 18.2 Å². The molecule has 0 radical (unpaired) electrons. The highest BCUT2D eigenvalue weighted by atomic mass is 16.5. The van der Waals surface area contributed by atoms with Crippen LogP contribution in [0.4, 0.5) is 0 Å². The van der Waals surface area contributed by atoms with Crippen molar-refractivity contribution in [2.24, 2.45) is 0 Å². The molecule has 1 aliphatic rings. The summed E-state index contributed by atoms with van der Waals surface area (Å²) in [5, 5.41) is 12.3. The summed E-state index contributed by atoms with van der Waals surface area (Å²) >= 11 is 0. The van der Waals surface area contributed by atoms with E-state index in [1.807, 2.05) is 0 Å². The second kappa shape index (κ2) is 5.93. The fourth-order valence-corrected chi connectivity index (χ4v) is 1.70. The molecule has 1 aromatic rings. The predicted octanol–water partition coefficient (Wildman–Crippen LogP) is 1.41. The van der Waals surface area contributed by atoms with E-state index in [-0.39, 0.29) is 12.5 Å². The molecule has 1 saturated carbocycles. The van der Waals surface area contributed by atoms with E-state index in [2.05, 4.69) is 5.32 Å². The molecular formula is C14H19NO4. The Bertz CT molecular complexity index is 455. The van der Waals surface area contributed by atoms with E-state index in [0.717, 1.165) is 18.4 Å². The van der Waals surface area contributed by atoms with Gasteiger partial charge in [-0.1, -0.05) is 6.07 Å². The van der Waals surface area contributed by atoms with Crippen LogP contribution in [0.25, 0.3) is 0 Å². The predicted molar refractivity (Wildman–Crippen MR) is 70.3 cm³/mol. The van der Waals surface area contributed by atoms with Crippen LogP contribution in [0, 0.1) is 0 Å². The Balaban J connectivity index is 1.96. The number of carbonyl (C=O) groups excluding carboxylic acids is 1. The summed E-state index contributed by atoms with van der Waals surface area (Å²) in [5.74, 6) is 0.889. The van der Waals surface area contributed by atoms with Crippen molar-refractivity contribution < 1.29 is 19.4 Å². The standard InChI is InChI=1S/C14H19NO4/c1-9(16)10-3-6-12(13(7-10)18-2)19-8-14(17)15-11-4-5-11/h3,6-7,9,11,16H,4-5,8H2,1-2H3,(H,15,17)/t9-/m0/s1. The molecule has 1 fully saturated rings. The fourth-order valence-electron chi connectivity index (χ4n) is 1.70. The van der Waals surface area contributed by atoms with Crippen molar-refractivity contribution in [1.29, 1.82) is 0 Å². The first kappa shape index (κ1) is 13.7. The lowest BCUT2D eigenvalue weighted by atomic mass is 10.1. The lowest BCUT2D eigenvalue weighted by Gasteiger charge is -2.13. The van der Waals surface area contributed by atoms with Gasteiger partial charge in [-0.15, -0.1) is 0 Å². The molecule has 0 unspecified atom stereocenters. The second-order valence-electron chi connectivity index (χ2n) is 4.72. The first-order valence-electron chi connectivity index (χ1n) is 6.38. The molecule has 1 amide bonds. The van der Waals surface area contributed by atoms with E-state index < -0.39 is 6.10 Å². The molecular weight excluding hydrogens is 246 g/mol. The van der Waals surface area contributed by atoms with Crippen LogP contribution >= 0.6 is 0 Å².